The van der Waals surface area contributed by atoms with E-state index in [1.54, 1.807) is 12.1 Å². The SMILES string of the molecule is O=C(NCCc1ccc(F)cc1)Nc1ccccc1C(F)(F)F. The summed E-state index contributed by atoms with van der Waals surface area (Å²) in [7, 11) is 0. The lowest BCUT2D eigenvalue weighted by Crippen LogP contribution is -2.31. The Kier molecular flexibility index (Phi) is 5.20. The minimum absolute atomic E-state index is 0.214. The first kappa shape index (κ1) is 16.8. The third-order valence-electron chi connectivity index (χ3n) is 3.09. The molecule has 0 bridgehead atoms. The summed E-state index contributed by atoms with van der Waals surface area (Å²) in [6, 6.07) is 9.76. The standard InChI is InChI=1S/C16H14F4N2O/c17-12-7-5-11(6-8-12)9-10-21-15(23)22-14-4-2-1-3-13(14)16(18,19)20/h1-8H,9-10H2,(H2,21,22,23). The number of benzene rings is 2. The molecule has 0 atom stereocenters. The van der Waals surface area contributed by atoms with Crippen LogP contribution < -0.4 is 10.6 Å². The summed E-state index contributed by atoms with van der Waals surface area (Å²) in [6.45, 7) is 0.214. The Labute approximate surface area is 130 Å². The molecular weight excluding hydrogens is 312 g/mol. The zero-order valence-corrected chi connectivity index (χ0v) is 12.0. The number of hydrogen-bond donors (Lipinski definition) is 2. The number of amides is 2. The Morgan fingerprint density at radius 1 is 1.00 bits per heavy atom. The normalized spacial score (nSPS) is 11.1. The van der Waals surface area contributed by atoms with Crippen molar-refractivity contribution < 1.29 is 22.4 Å². The Morgan fingerprint density at radius 2 is 1.65 bits per heavy atom. The van der Waals surface area contributed by atoms with E-state index >= 15 is 0 Å². The van der Waals surface area contributed by atoms with Crippen molar-refractivity contribution in [2.45, 2.75) is 12.6 Å². The molecule has 0 spiro atoms. The summed E-state index contributed by atoms with van der Waals surface area (Å²) in [5.41, 5.74) is -0.407. The van der Waals surface area contributed by atoms with Crippen LogP contribution in [0.1, 0.15) is 11.1 Å². The van der Waals surface area contributed by atoms with Gasteiger partial charge in [-0.1, -0.05) is 24.3 Å². The minimum Gasteiger partial charge on any atom is -0.338 e. The number of para-hydroxylation sites is 1. The molecule has 2 aromatic rings. The molecule has 2 N–H and O–H groups in total. The van der Waals surface area contributed by atoms with Crippen molar-refractivity contribution in [1.29, 1.82) is 0 Å². The van der Waals surface area contributed by atoms with Crippen LogP contribution in [0.4, 0.5) is 28.0 Å². The van der Waals surface area contributed by atoms with Gasteiger partial charge in [0, 0.05) is 6.54 Å². The van der Waals surface area contributed by atoms with E-state index in [0.29, 0.717) is 6.42 Å². The third kappa shape index (κ3) is 4.98. The molecule has 23 heavy (non-hydrogen) atoms. The molecule has 0 aliphatic rings. The van der Waals surface area contributed by atoms with Crippen LogP contribution in [0.3, 0.4) is 0 Å². The highest BCUT2D eigenvalue weighted by Crippen LogP contribution is 2.34. The van der Waals surface area contributed by atoms with Gasteiger partial charge in [-0.05, 0) is 36.2 Å². The second-order valence-corrected chi connectivity index (χ2v) is 4.80. The zero-order valence-electron chi connectivity index (χ0n) is 12.0. The lowest BCUT2D eigenvalue weighted by molar-refractivity contribution is -0.136. The maximum Gasteiger partial charge on any atom is 0.418 e. The first-order valence-electron chi connectivity index (χ1n) is 6.82. The van der Waals surface area contributed by atoms with Crippen molar-refractivity contribution in [2.75, 3.05) is 11.9 Å². The molecule has 0 aliphatic heterocycles. The van der Waals surface area contributed by atoms with E-state index in [2.05, 4.69) is 10.6 Å². The number of hydrogen-bond acceptors (Lipinski definition) is 1. The molecule has 0 saturated carbocycles. The predicted octanol–water partition coefficient (Wildman–Crippen LogP) is 4.21. The van der Waals surface area contributed by atoms with Gasteiger partial charge in [0.25, 0.3) is 0 Å². The van der Waals surface area contributed by atoms with Gasteiger partial charge in [-0.3, -0.25) is 0 Å². The monoisotopic (exact) mass is 326 g/mol. The Morgan fingerprint density at radius 3 is 2.30 bits per heavy atom. The third-order valence-corrected chi connectivity index (χ3v) is 3.09. The summed E-state index contributed by atoms with van der Waals surface area (Å²) >= 11 is 0. The smallest absolute Gasteiger partial charge is 0.338 e. The largest absolute Gasteiger partial charge is 0.418 e. The Bertz CT molecular complexity index is 669. The van der Waals surface area contributed by atoms with Gasteiger partial charge in [0.1, 0.15) is 5.82 Å². The van der Waals surface area contributed by atoms with Crippen LogP contribution in [0.5, 0.6) is 0 Å². The fourth-order valence-corrected chi connectivity index (χ4v) is 1.98. The molecule has 0 aromatic heterocycles. The fraction of sp³-hybridized carbons (Fsp3) is 0.188. The van der Waals surface area contributed by atoms with Gasteiger partial charge in [0.15, 0.2) is 0 Å². The van der Waals surface area contributed by atoms with Crippen molar-refractivity contribution in [1.82, 2.24) is 5.32 Å². The second kappa shape index (κ2) is 7.13. The summed E-state index contributed by atoms with van der Waals surface area (Å²) in [5.74, 6) is -0.358. The summed E-state index contributed by atoms with van der Waals surface area (Å²) in [5, 5.41) is 4.64. The number of carbonyl (C=O) groups excluding carboxylic acids is 1. The molecule has 0 radical (unpaired) electrons. The van der Waals surface area contributed by atoms with Crippen LogP contribution >= 0.6 is 0 Å². The molecule has 0 aliphatic carbocycles. The highest BCUT2D eigenvalue weighted by atomic mass is 19.4. The first-order valence-corrected chi connectivity index (χ1v) is 6.82. The van der Waals surface area contributed by atoms with E-state index in [1.807, 2.05) is 0 Å². The maximum absolute atomic E-state index is 12.8. The number of nitrogens with one attached hydrogen (secondary N) is 2. The molecule has 3 nitrogen and oxygen atoms in total. The zero-order chi connectivity index (χ0) is 16.9. The minimum atomic E-state index is -4.54. The molecule has 2 rings (SSSR count). The lowest BCUT2D eigenvalue weighted by Gasteiger charge is -2.14. The molecule has 122 valence electrons. The molecule has 0 fully saturated rings. The number of halogens is 4. The van der Waals surface area contributed by atoms with E-state index < -0.39 is 17.8 Å². The van der Waals surface area contributed by atoms with Crippen molar-refractivity contribution in [2.24, 2.45) is 0 Å². The average molecular weight is 326 g/mol. The number of anilines is 1. The maximum atomic E-state index is 12.8. The summed E-state index contributed by atoms with van der Waals surface area (Å²) in [6.07, 6.45) is -4.10. The van der Waals surface area contributed by atoms with Crippen molar-refractivity contribution in [3.8, 4) is 0 Å². The van der Waals surface area contributed by atoms with Gasteiger partial charge in [-0.15, -0.1) is 0 Å². The number of alkyl halides is 3. The van der Waals surface area contributed by atoms with E-state index in [-0.39, 0.29) is 18.0 Å². The summed E-state index contributed by atoms with van der Waals surface area (Å²) in [4.78, 5) is 11.7. The van der Waals surface area contributed by atoms with Crippen LogP contribution in [0.15, 0.2) is 48.5 Å². The topological polar surface area (TPSA) is 41.1 Å². The molecule has 0 saturated heterocycles. The predicted molar refractivity (Wildman–Crippen MR) is 78.6 cm³/mol. The van der Waals surface area contributed by atoms with Crippen LogP contribution in [-0.4, -0.2) is 12.6 Å². The quantitative estimate of drug-likeness (QED) is 0.812. The summed E-state index contributed by atoms with van der Waals surface area (Å²) < 4.78 is 51.1. The van der Waals surface area contributed by atoms with Crippen LogP contribution in [0, 0.1) is 5.82 Å². The first-order chi connectivity index (χ1) is 10.9. The average Bonchev–Trinajstić information content (AvgIpc) is 2.49. The fourth-order valence-electron chi connectivity index (χ4n) is 1.98. The van der Waals surface area contributed by atoms with E-state index in [4.69, 9.17) is 0 Å². The van der Waals surface area contributed by atoms with Crippen LogP contribution in [-0.2, 0) is 12.6 Å². The van der Waals surface area contributed by atoms with Crippen molar-refractivity contribution >= 4 is 11.7 Å². The Hall–Kier alpha value is -2.57. The van der Waals surface area contributed by atoms with Gasteiger partial charge in [0.2, 0.25) is 0 Å². The Balaban J connectivity index is 1.89. The number of rotatable bonds is 4. The molecule has 0 heterocycles. The van der Waals surface area contributed by atoms with Crippen molar-refractivity contribution in [3.05, 3.63) is 65.5 Å². The van der Waals surface area contributed by atoms with Gasteiger partial charge in [0.05, 0.1) is 11.3 Å². The molecule has 7 heteroatoms. The number of carbonyl (C=O) groups is 1. The van der Waals surface area contributed by atoms with Crippen molar-refractivity contribution in [3.63, 3.8) is 0 Å². The lowest BCUT2D eigenvalue weighted by atomic mass is 10.1. The molecular formula is C16H14F4N2O. The van der Waals surface area contributed by atoms with Gasteiger partial charge >= 0.3 is 12.2 Å². The van der Waals surface area contributed by atoms with E-state index in [9.17, 15) is 22.4 Å². The number of urea groups is 1. The molecule has 2 aromatic carbocycles. The molecule has 0 unspecified atom stereocenters. The van der Waals surface area contributed by atoms with Crippen LogP contribution in [0.25, 0.3) is 0 Å². The van der Waals surface area contributed by atoms with Gasteiger partial charge < -0.3 is 10.6 Å². The van der Waals surface area contributed by atoms with E-state index in [1.165, 1.54) is 30.3 Å². The van der Waals surface area contributed by atoms with Gasteiger partial charge in [-0.2, -0.15) is 13.2 Å². The highest BCUT2D eigenvalue weighted by Gasteiger charge is 2.33. The van der Waals surface area contributed by atoms with Crippen LogP contribution in [0.2, 0.25) is 0 Å². The highest BCUT2D eigenvalue weighted by molar-refractivity contribution is 5.90. The van der Waals surface area contributed by atoms with E-state index in [0.717, 1.165) is 11.6 Å². The van der Waals surface area contributed by atoms with Gasteiger partial charge in [-0.25, -0.2) is 9.18 Å². The molecule has 2 amide bonds. The second-order valence-electron chi connectivity index (χ2n) is 4.80.